The Kier molecular flexibility index (Phi) is 4.32. The first kappa shape index (κ1) is 14.2. The highest BCUT2D eigenvalue weighted by Crippen LogP contribution is 2.32. The average molecular weight is 264 g/mol. The number of hydrogen-bond acceptors (Lipinski definition) is 4. The molecule has 0 spiro atoms. The van der Waals surface area contributed by atoms with E-state index in [1.165, 1.54) is 0 Å². The predicted molar refractivity (Wildman–Crippen MR) is 77.9 cm³/mol. The number of rotatable bonds is 4. The first-order chi connectivity index (χ1) is 9.07. The van der Waals surface area contributed by atoms with Gasteiger partial charge < -0.3 is 20.1 Å². The van der Waals surface area contributed by atoms with Crippen LogP contribution in [0.4, 0.5) is 5.69 Å². The summed E-state index contributed by atoms with van der Waals surface area (Å²) in [5, 5.41) is 13.1. The second kappa shape index (κ2) is 5.80. The predicted octanol–water partition coefficient (Wildman–Crippen LogP) is 1.63. The summed E-state index contributed by atoms with van der Waals surface area (Å²) in [6.07, 6.45) is 0. The van der Waals surface area contributed by atoms with Crippen molar-refractivity contribution in [3.8, 4) is 5.75 Å². The quantitative estimate of drug-likeness (QED) is 0.867. The fourth-order valence-corrected chi connectivity index (χ4v) is 2.53. The van der Waals surface area contributed by atoms with E-state index >= 15 is 0 Å². The zero-order chi connectivity index (χ0) is 13.9. The molecule has 106 valence electrons. The molecule has 1 heterocycles. The molecule has 1 aromatic carbocycles. The molecule has 0 aromatic heterocycles. The van der Waals surface area contributed by atoms with E-state index in [0.29, 0.717) is 6.61 Å². The summed E-state index contributed by atoms with van der Waals surface area (Å²) in [5.74, 6) is 0.890. The second-order valence-electron chi connectivity index (χ2n) is 5.63. The van der Waals surface area contributed by atoms with Crippen LogP contribution < -0.4 is 15.0 Å². The first-order valence-corrected chi connectivity index (χ1v) is 6.92. The third-order valence-corrected chi connectivity index (χ3v) is 3.51. The van der Waals surface area contributed by atoms with Gasteiger partial charge in [0.25, 0.3) is 0 Å². The van der Waals surface area contributed by atoms with Gasteiger partial charge in [0.1, 0.15) is 5.75 Å². The van der Waals surface area contributed by atoms with E-state index in [-0.39, 0.29) is 18.2 Å². The lowest BCUT2D eigenvalue weighted by Gasteiger charge is -2.45. The van der Waals surface area contributed by atoms with Gasteiger partial charge in [-0.1, -0.05) is 12.1 Å². The van der Waals surface area contributed by atoms with Crippen LogP contribution in [0.1, 0.15) is 20.8 Å². The van der Waals surface area contributed by atoms with Crippen LogP contribution in [0.3, 0.4) is 0 Å². The van der Waals surface area contributed by atoms with Crippen molar-refractivity contribution in [2.75, 3.05) is 31.2 Å². The van der Waals surface area contributed by atoms with Crippen molar-refractivity contribution >= 4 is 5.69 Å². The molecule has 1 unspecified atom stereocenters. The van der Waals surface area contributed by atoms with E-state index < -0.39 is 0 Å². The Morgan fingerprint density at radius 3 is 2.84 bits per heavy atom. The fraction of sp³-hybridized carbons (Fsp3) is 0.600. The minimum Gasteiger partial charge on any atom is -0.492 e. The number of ether oxygens (including phenoxy) is 1. The van der Waals surface area contributed by atoms with Crippen molar-refractivity contribution in [3.05, 3.63) is 24.3 Å². The first-order valence-electron chi connectivity index (χ1n) is 6.92. The van der Waals surface area contributed by atoms with Gasteiger partial charge in [-0.2, -0.15) is 0 Å². The van der Waals surface area contributed by atoms with Crippen molar-refractivity contribution in [1.29, 1.82) is 0 Å². The molecule has 1 aliphatic rings. The molecule has 0 bridgehead atoms. The minimum atomic E-state index is 0.0327. The van der Waals surface area contributed by atoms with E-state index in [1.807, 2.05) is 25.1 Å². The van der Waals surface area contributed by atoms with E-state index in [9.17, 15) is 5.11 Å². The smallest absolute Gasteiger partial charge is 0.142 e. The van der Waals surface area contributed by atoms with Gasteiger partial charge in [0.2, 0.25) is 0 Å². The number of piperazine rings is 1. The van der Waals surface area contributed by atoms with Crippen LogP contribution in [0.5, 0.6) is 5.75 Å². The molecule has 4 heteroatoms. The highest BCUT2D eigenvalue weighted by Gasteiger charge is 2.33. The van der Waals surface area contributed by atoms with Crippen LogP contribution in [0.15, 0.2) is 24.3 Å². The summed E-state index contributed by atoms with van der Waals surface area (Å²) >= 11 is 0. The molecule has 1 aromatic rings. The van der Waals surface area contributed by atoms with Crippen molar-refractivity contribution in [3.63, 3.8) is 0 Å². The zero-order valence-corrected chi connectivity index (χ0v) is 12.0. The molecular weight excluding hydrogens is 240 g/mol. The number of aliphatic hydroxyl groups excluding tert-OH is 1. The number of nitrogens with zero attached hydrogens (tertiary/aromatic N) is 1. The second-order valence-corrected chi connectivity index (χ2v) is 5.63. The monoisotopic (exact) mass is 264 g/mol. The van der Waals surface area contributed by atoms with E-state index in [1.54, 1.807) is 0 Å². The Balaban J connectivity index is 2.31. The van der Waals surface area contributed by atoms with E-state index in [0.717, 1.165) is 24.5 Å². The Bertz CT molecular complexity index is 420. The maximum Gasteiger partial charge on any atom is 0.142 e. The number of anilines is 1. The van der Waals surface area contributed by atoms with Gasteiger partial charge in [-0.25, -0.2) is 0 Å². The standard InChI is InChI=1S/C15H24N2O2/c1-4-19-14-8-6-5-7-13(14)17-11-15(2,3)16-9-12(17)10-18/h5-8,12,16,18H,4,9-11H2,1-3H3. The van der Waals surface area contributed by atoms with Crippen molar-refractivity contribution in [1.82, 2.24) is 5.32 Å². The van der Waals surface area contributed by atoms with Gasteiger partial charge in [0, 0.05) is 18.6 Å². The topological polar surface area (TPSA) is 44.7 Å². The molecule has 0 aliphatic carbocycles. The molecule has 0 radical (unpaired) electrons. The Morgan fingerprint density at radius 2 is 2.16 bits per heavy atom. The third-order valence-electron chi connectivity index (χ3n) is 3.51. The van der Waals surface area contributed by atoms with Crippen LogP contribution in [0.25, 0.3) is 0 Å². The van der Waals surface area contributed by atoms with Gasteiger partial charge in [-0.05, 0) is 32.9 Å². The molecule has 1 atom stereocenters. The molecular formula is C15H24N2O2. The summed E-state index contributed by atoms with van der Waals surface area (Å²) in [4.78, 5) is 2.25. The van der Waals surface area contributed by atoms with Crippen molar-refractivity contribution < 1.29 is 9.84 Å². The molecule has 1 saturated heterocycles. The molecule has 19 heavy (non-hydrogen) atoms. The van der Waals surface area contributed by atoms with Gasteiger partial charge in [0.15, 0.2) is 0 Å². The Labute approximate surface area is 115 Å². The largest absolute Gasteiger partial charge is 0.492 e. The number of aliphatic hydroxyl groups is 1. The summed E-state index contributed by atoms with van der Waals surface area (Å²) in [7, 11) is 0. The molecule has 1 aliphatic heterocycles. The SMILES string of the molecule is CCOc1ccccc1N1CC(C)(C)NCC1CO. The molecule has 2 rings (SSSR count). The van der Waals surface area contributed by atoms with Crippen molar-refractivity contribution in [2.24, 2.45) is 0 Å². The van der Waals surface area contributed by atoms with Crippen LogP contribution in [-0.2, 0) is 0 Å². The Morgan fingerprint density at radius 1 is 1.42 bits per heavy atom. The minimum absolute atomic E-state index is 0.0327. The maximum absolute atomic E-state index is 9.59. The van der Waals surface area contributed by atoms with Gasteiger partial charge in [0.05, 0.1) is 24.9 Å². The lowest BCUT2D eigenvalue weighted by Crippen LogP contribution is -2.62. The zero-order valence-electron chi connectivity index (χ0n) is 12.0. The van der Waals surface area contributed by atoms with E-state index in [2.05, 4.69) is 30.1 Å². The summed E-state index contributed by atoms with van der Waals surface area (Å²) in [6, 6.07) is 8.14. The average Bonchev–Trinajstić information content (AvgIpc) is 2.39. The van der Waals surface area contributed by atoms with Crippen LogP contribution in [-0.4, -0.2) is 43.0 Å². The molecule has 0 saturated carbocycles. The third kappa shape index (κ3) is 3.19. The van der Waals surface area contributed by atoms with E-state index in [4.69, 9.17) is 4.74 Å². The number of para-hydroxylation sites is 2. The Hall–Kier alpha value is -1.26. The van der Waals surface area contributed by atoms with Gasteiger partial charge >= 0.3 is 0 Å². The van der Waals surface area contributed by atoms with Crippen LogP contribution in [0, 0.1) is 0 Å². The summed E-state index contributed by atoms with van der Waals surface area (Å²) < 4.78 is 5.71. The number of benzene rings is 1. The van der Waals surface area contributed by atoms with Crippen LogP contribution >= 0.6 is 0 Å². The molecule has 1 fully saturated rings. The highest BCUT2D eigenvalue weighted by atomic mass is 16.5. The maximum atomic E-state index is 9.59. The van der Waals surface area contributed by atoms with Gasteiger partial charge in [-0.3, -0.25) is 0 Å². The lowest BCUT2D eigenvalue weighted by molar-refractivity contribution is 0.213. The molecule has 2 N–H and O–H groups in total. The fourth-order valence-electron chi connectivity index (χ4n) is 2.53. The molecule has 0 amide bonds. The molecule has 4 nitrogen and oxygen atoms in total. The summed E-state index contributed by atoms with van der Waals surface area (Å²) in [5.41, 5.74) is 1.10. The lowest BCUT2D eigenvalue weighted by atomic mass is 9.98. The van der Waals surface area contributed by atoms with Gasteiger partial charge in [-0.15, -0.1) is 0 Å². The summed E-state index contributed by atoms with van der Waals surface area (Å²) in [6.45, 7) is 8.77. The van der Waals surface area contributed by atoms with Crippen molar-refractivity contribution in [2.45, 2.75) is 32.4 Å². The highest BCUT2D eigenvalue weighted by molar-refractivity contribution is 5.60. The number of hydrogen-bond donors (Lipinski definition) is 2. The number of nitrogens with one attached hydrogen (secondary N) is 1. The van der Waals surface area contributed by atoms with Crippen LogP contribution in [0.2, 0.25) is 0 Å². The normalized spacial score (nSPS) is 22.3.